The van der Waals surface area contributed by atoms with Crippen LogP contribution in [0.5, 0.6) is 0 Å². The van der Waals surface area contributed by atoms with E-state index in [0.717, 1.165) is 67.8 Å². The molecule has 9 rings (SSSR count). The molecule has 5 fully saturated rings. The third-order valence-corrected chi connectivity index (χ3v) is 13.8. The molecule has 0 radical (unpaired) electrons. The molecule has 1 unspecified atom stereocenters. The van der Waals surface area contributed by atoms with Crippen LogP contribution >= 0.6 is 11.6 Å². The minimum Gasteiger partial charge on any atom is -0.371 e. The monoisotopic (exact) mass is 838 g/mol. The number of rotatable bonds is 7. The van der Waals surface area contributed by atoms with Gasteiger partial charge in [0, 0.05) is 95.2 Å². The standard InChI is InChI=1S/C44H45ClF2N8O5/c1-26-20-44(25-54(26)30-3-2-28(21-48)34(45)16-30)8-10-51(11-9-44)29-4-5-31(35(46)17-29)41(58)52-14-12-50(13-15-52)22-27-23-53(24-27)38-19-33-32(18-36(38)47)42(59)55(43(33)60)37-6-7-39(56)49-40(37)57/h2-5,16-19,26-27,37H,6-15,20,22-25H2,1H3,(H,49,56,57)/t26-,37?/m0/s1. The van der Waals surface area contributed by atoms with E-state index in [-0.39, 0.29) is 52.5 Å². The number of nitriles is 1. The number of piperazine rings is 1. The van der Waals surface area contributed by atoms with Crippen molar-refractivity contribution in [3.63, 3.8) is 0 Å². The normalized spacial score (nSPS) is 23.3. The highest BCUT2D eigenvalue weighted by Gasteiger charge is 2.47. The van der Waals surface area contributed by atoms with E-state index >= 15 is 8.78 Å². The maximum absolute atomic E-state index is 15.6. The molecule has 0 saturated carbocycles. The SMILES string of the molecule is C[C@H]1CC2(CCN(c3ccc(C(=O)N4CCN(CC5CN(c6cc7c(cc6F)C(=O)N(C6CCC(=O)NC6=O)C7=O)C5)CC4)c(F)c3)CC2)CN1c1ccc(C#N)c(Cl)c1. The van der Waals surface area contributed by atoms with Gasteiger partial charge in [-0.2, -0.15) is 5.26 Å². The van der Waals surface area contributed by atoms with Crippen LogP contribution in [0, 0.1) is 34.3 Å². The molecule has 5 saturated heterocycles. The van der Waals surface area contributed by atoms with Crippen molar-refractivity contribution < 1.29 is 32.8 Å². The summed E-state index contributed by atoms with van der Waals surface area (Å²) >= 11 is 6.35. The zero-order chi connectivity index (χ0) is 42.0. The summed E-state index contributed by atoms with van der Waals surface area (Å²) in [4.78, 5) is 75.0. The average molecular weight is 839 g/mol. The van der Waals surface area contributed by atoms with Crippen molar-refractivity contribution >= 4 is 58.2 Å². The van der Waals surface area contributed by atoms with Gasteiger partial charge in [0.05, 0.1) is 33.0 Å². The second-order valence-corrected chi connectivity index (χ2v) is 17.7. The van der Waals surface area contributed by atoms with Gasteiger partial charge in [0.2, 0.25) is 11.8 Å². The molecule has 6 heterocycles. The van der Waals surface area contributed by atoms with Gasteiger partial charge in [-0.15, -0.1) is 0 Å². The molecule has 1 N–H and O–H groups in total. The first-order valence-electron chi connectivity index (χ1n) is 20.6. The molecule has 60 heavy (non-hydrogen) atoms. The van der Waals surface area contributed by atoms with Crippen LogP contribution in [-0.4, -0.2) is 122 Å². The van der Waals surface area contributed by atoms with E-state index in [1.807, 2.05) is 23.1 Å². The summed E-state index contributed by atoms with van der Waals surface area (Å²) in [5.74, 6) is -3.89. The van der Waals surface area contributed by atoms with E-state index in [1.165, 1.54) is 12.1 Å². The lowest BCUT2D eigenvalue weighted by Crippen LogP contribution is -2.55. The number of hydrogen-bond acceptors (Lipinski definition) is 10. The zero-order valence-corrected chi connectivity index (χ0v) is 34.0. The largest absolute Gasteiger partial charge is 0.371 e. The first kappa shape index (κ1) is 39.8. The second-order valence-electron chi connectivity index (χ2n) is 17.3. The van der Waals surface area contributed by atoms with Crippen molar-refractivity contribution in [2.24, 2.45) is 11.3 Å². The van der Waals surface area contributed by atoms with Gasteiger partial charge >= 0.3 is 0 Å². The quantitative estimate of drug-likeness (QED) is 0.334. The summed E-state index contributed by atoms with van der Waals surface area (Å²) in [6.07, 6.45) is 2.99. The van der Waals surface area contributed by atoms with E-state index in [2.05, 4.69) is 33.0 Å². The first-order valence-corrected chi connectivity index (χ1v) is 21.0. The Morgan fingerprint density at radius 3 is 2.25 bits per heavy atom. The molecule has 1 spiro atoms. The number of anilines is 3. The van der Waals surface area contributed by atoms with Crippen LogP contribution in [0.3, 0.4) is 0 Å². The smallest absolute Gasteiger partial charge is 0.262 e. The van der Waals surface area contributed by atoms with Gasteiger partial charge < -0.3 is 19.6 Å². The molecule has 0 aromatic heterocycles. The lowest BCUT2D eigenvalue weighted by Gasteiger charge is -2.45. The molecular weight excluding hydrogens is 794 g/mol. The van der Waals surface area contributed by atoms with Crippen LogP contribution < -0.4 is 20.0 Å². The number of piperidine rings is 2. The number of nitrogens with one attached hydrogen (secondary N) is 1. The molecule has 3 aromatic carbocycles. The third-order valence-electron chi connectivity index (χ3n) is 13.5. The predicted molar refractivity (Wildman–Crippen MR) is 219 cm³/mol. The van der Waals surface area contributed by atoms with Gasteiger partial charge in [0.1, 0.15) is 23.7 Å². The Morgan fingerprint density at radius 1 is 0.883 bits per heavy atom. The van der Waals surface area contributed by atoms with E-state index in [9.17, 15) is 29.2 Å². The molecule has 6 aliphatic rings. The lowest BCUT2D eigenvalue weighted by atomic mass is 9.76. The summed E-state index contributed by atoms with van der Waals surface area (Å²) in [5.41, 5.74) is 2.62. The van der Waals surface area contributed by atoms with E-state index in [0.29, 0.717) is 55.9 Å². The topological polar surface area (TPSA) is 141 Å². The lowest BCUT2D eigenvalue weighted by molar-refractivity contribution is -0.136. The Labute approximate surface area is 351 Å². The maximum Gasteiger partial charge on any atom is 0.262 e. The van der Waals surface area contributed by atoms with Crippen molar-refractivity contribution in [1.82, 2.24) is 20.0 Å². The second kappa shape index (κ2) is 15.5. The van der Waals surface area contributed by atoms with Crippen molar-refractivity contribution in [2.75, 3.05) is 80.1 Å². The number of imide groups is 2. The summed E-state index contributed by atoms with van der Waals surface area (Å²) in [6.45, 7) is 8.64. The van der Waals surface area contributed by atoms with E-state index in [1.54, 1.807) is 17.0 Å². The minimum atomic E-state index is -1.12. The van der Waals surface area contributed by atoms with Gasteiger partial charge in [-0.3, -0.25) is 39.1 Å². The fourth-order valence-electron chi connectivity index (χ4n) is 10.2. The van der Waals surface area contributed by atoms with E-state index in [4.69, 9.17) is 11.6 Å². The first-order chi connectivity index (χ1) is 28.8. The van der Waals surface area contributed by atoms with Gasteiger partial charge in [-0.1, -0.05) is 11.6 Å². The van der Waals surface area contributed by atoms with Crippen molar-refractivity contribution in [2.45, 2.75) is 51.1 Å². The number of nitrogens with zero attached hydrogens (tertiary/aromatic N) is 7. The highest BCUT2D eigenvalue weighted by atomic mass is 35.5. The summed E-state index contributed by atoms with van der Waals surface area (Å²) < 4.78 is 30.9. The Morgan fingerprint density at radius 2 is 1.58 bits per heavy atom. The highest BCUT2D eigenvalue weighted by molar-refractivity contribution is 6.32. The molecule has 6 aliphatic heterocycles. The number of benzene rings is 3. The van der Waals surface area contributed by atoms with Crippen molar-refractivity contribution in [3.8, 4) is 6.07 Å². The number of hydrogen-bond donors (Lipinski definition) is 1. The Balaban J connectivity index is 0.744. The number of halogens is 3. The minimum absolute atomic E-state index is 0.00167. The van der Waals surface area contributed by atoms with Gasteiger partial charge in [0.25, 0.3) is 17.7 Å². The van der Waals surface area contributed by atoms with E-state index < -0.39 is 41.3 Å². The van der Waals surface area contributed by atoms with Crippen molar-refractivity contribution in [1.29, 1.82) is 5.26 Å². The highest BCUT2D eigenvalue weighted by Crippen LogP contribution is 2.46. The molecule has 2 atom stereocenters. The summed E-state index contributed by atoms with van der Waals surface area (Å²) in [7, 11) is 0. The molecular formula is C44H45ClF2N8O5. The van der Waals surface area contributed by atoms with Crippen LogP contribution in [0.4, 0.5) is 25.8 Å². The fourth-order valence-corrected chi connectivity index (χ4v) is 10.4. The van der Waals surface area contributed by atoms with Crippen molar-refractivity contribution in [3.05, 3.63) is 87.4 Å². The Hall–Kier alpha value is -5.59. The summed E-state index contributed by atoms with van der Waals surface area (Å²) in [6, 6.07) is 14.3. The fraction of sp³-hybridized carbons (Fsp3) is 0.455. The van der Waals surface area contributed by atoms with Gasteiger partial charge in [0.15, 0.2) is 0 Å². The predicted octanol–water partition coefficient (Wildman–Crippen LogP) is 4.67. The Kier molecular flexibility index (Phi) is 10.3. The average Bonchev–Trinajstić information content (AvgIpc) is 3.66. The van der Waals surface area contributed by atoms with Crippen LogP contribution in [0.15, 0.2) is 48.5 Å². The van der Waals surface area contributed by atoms with Crippen LogP contribution in [-0.2, 0) is 9.59 Å². The third kappa shape index (κ3) is 7.13. The van der Waals surface area contributed by atoms with Gasteiger partial charge in [-0.25, -0.2) is 8.78 Å². The van der Waals surface area contributed by atoms with Gasteiger partial charge in [-0.05, 0) is 86.6 Å². The Bertz CT molecular complexity index is 2350. The molecule has 0 bridgehead atoms. The molecule has 0 aliphatic carbocycles. The molecule has 13 nitrogen and oxygen atoms in total. The number of carbonyl (C=O) groups excluding carboxylic acids is 5. The zero-order valence-electron chi connectivity index (χ0n) is 33.3. The molecule has 16 heteroatoms. The molecule has 5 amide bonds. The van der Waals surface area contributed by atoms with Crippen LogP contribution in [0.2, 0.25) is 5.02 Å². The number of carbonyl (C=O) groups is 5. The number of fused-ring (bicyclic) bond motifs is 1. The van der Waals surface area contributed by atoms with Crippen LogP contribution in [0.25, 0.3) is 0 Å². The summed E-state index contributed by atoms with van der Waals surface area (Å²) in [5, 5.41) is 11.9. The molecule has 312 valence electrons. The van der Waals surface area contributed by atoms with Crippen LogP contribution in [0.1, 0.15) is 75.7 Å². The maximum atomic E-state index is 15.6. The molecule has 3 aromatic rings. The number of amides is 5.